The minimum atomic E-state index is -0.637. The van der Waals surface area contributed by atoms with Crippen molar-refractivity contribution in [2.45, 2.75) is 44.7 Å². The molecule has 1 aliphatic rings. The molecular formula is C15H20F2N2O. The van der Waals surface area contributed by atoms with Gasteiger partial charge in [0.2, 0.25) is 5.91 Å². The third kappa shape index (κ3) is 4.00. The van der Waals surface area contributed by atoms with Gasteiger partial charge in [0.1, 0.15) is 11.6 Å². The number of carbonyl (C=O) groups excluding carboxylic acids is 1. The molecule has 20 heavy (non-hydrogen) atoms. The fraction of sp³-hybridized carbons (Fsp3) is 0.533. The molecular weight excluding hydrogens is 262 g/mol. The first-order chi connectivity index (χ1) is 9.56. The van der Waals surface area contributed by atoms with Crippen LogP contribution in [0.15, 0.2) is 18.2 Å². The maximum absolute atomic E-state index is 13.6. The Hall–Kier alpha value is -1.49. The second-order valence-corrected chi connectivity index (χ2v) is 5.32. The van der Waals surface area contributed by atoms with Gasteiger partial charge in [-0.05, 0) is 25.8 Å². The summed E-state index contributed by atoms with van der Waals surface area (Å²) in [4.78, 5) is 11.8. The summed E-state index contributed by atoms with van der Waals surface area (Å²) in [6, 6.07) is 3.32. The summed E-state index contributed by atoms with van der Waals surface area (Å²) < 4.78 is 26.4. The number of hydrogen-bond acceptors (Lipinski definition) is 2. The normalized spacial score (nSPS) is 17.1. The molecule has 2 N–H and O–H groups in total. The highest BCUT2D eigenvalue weighted by Crippen LogP contribution is 2.18. The predicted octanol–water partition coefficient (Wildman–Crippen LogP) is 2.67. The van der Waals surface area contributed by atoms with Crippen molar-refractivity contribution in [1.82, 2.24) is 10.6 Å². The van der Waals surface area contributed by atoms with E-state index in [2.05, 4.69) is 10.6 Å². The van der Waals surface area contributed by atoms with E-state index in [4.69, 9.17) is 0 Å². The Morgan fingerprint density at radius 1 is 1.35 bits per heavy atom. The standard InChI is InChI=1S/C15H20F2N2O/c1-10(13-7-6-11(16)8-14(13)17)19-15(20)9-18-12-4-2-3-5-12/h6-8,10,12,18H,2-5,9H2,1H3,(H,19,20). The summed E-state index contributed by atoms with van der Waals surface area (Å²) in [6.07, 6.45) is 4.62. The van der Waals surface area contributed by atoms with Crippen LogP contribution in [0.25, 0.3) is 0 Å². The molecule has 1 aliphatic carbocycles. The summed E-state index contributed by atoms with van der Waals surface area (Å²) in [5, 5.41) is 5.91. The number of amides is 1. The predicted molar refractivity (Wildman–Crippen MR) is 73.2 cm³/mol. The molecule has 0 bridgehead atoms. The molecule has 1 fully saturated rings. The minimum absolute atomic E-state index is 0.173. The van der Waals surface area contributed by atoms with Crippen LogP contribution < -0.4 is 10.6 Å². The van der Waals surface area contributed by atoms with Gasteiger partial charge < -0.3 is 10.6 Å². The van der Waals surface area contributed by atoms with Crippen molar-refractivity contribution in [2.75, 3.05) is 6.54 Å². The number of nitrogens with one attached hydrogen (secondary N) is 2. The van der Waals surface area contributed by atoms with Gasteiger partial charge in [-0.3, -0.25) is 4.79 Å². The Labute approximate surface area is 117 Å². The molecule has 3 nitrogen and oxygen atoms in total. The number of halogens is 2. The van der Waals surface area contributed by atoms with E-state index in [1.54, 1.807) is 6.92 Å². The summed E-state index contributed by atoms with van der Waals surface area (Å²) in [5.41, 5.74) is 0.292. The number of hydrogen-bond donors (Lipinski definition) is 2. The van der Waals surface area contributed by atoms with Gasteiger partial charge in [-0.1, -0.05) is 18.9 Å². The van der Waals surface area contributed by atoms with E-state index in [9.17, 15) is 13.6 Å². The average Bonchev–Trinajstić information content (AvgIpc) is 2.89. The van der Waals surface area contributed by atoms with Crippen LogP contribution >= 0.6 is 0 Å². The van der Waals surface area contributed by atoms with E-state index < -0.39 is 17.7 Å². The molecule has 1 aromatic rings. The van der Waals surface area contributed by atoms with Crippen LogP contribution in [0.1, 0.15) is 44.2 Å². The zero-order valence-corrected chi connectivity index (χ0v) is 11.6. The van der Waals surface area contributed by atoms with E-state index in [0.717, 1.165) is 18.9 Å². The molecule has 1 atom stereocenters. The maximum atomic E-state index is 13.6. The van der Waals surface area contributed by atoms with Crippen LogP contribution in [0.3, 0.4) is 0 Å². The highest BCUT2D eigenvalue weighted by Gasteiger charge is 2.17. The lowest BCUT2D eigenvalue weighted by atomic mass is 10.1. The largest absolute Gasteiger partial charge is 0.348 e. The topological polar surface area (TPSA) is 41.1 Å². The van der Waals surface area contributed by atoms with Crippen molar-refractivity contribution in [1.29, 1.82) is 0 Å². The number of rotatable bonds is 5. The molecule has 0 aromatic heterocycles. The van der Waals surface area contributed by atoms with Crippen molar-refractivity contribution >= 4 is 5.91 Å². The van der Waals surface area contributed by atoms with Gasteiger partial charge in [-0.2, -0.15) is 0 Å². The van der Waals surface area contributed by atoms with Crippen molar-refractivity contribution < 1.29 is 13.6 Å². The van der Waals surface area contributed by atoms with Gasteiger partial charge in [0.15, 0.2) is 0 Å². The quantitative estimate of drug-likeness (QED) is 0.871. The summed E-state index contributed by atoms with van der Waals surface area (Å²) in [7, 11) is 0. The molecule has 0 aliphatic heterocycles. The van der Waals surface area contributed by atoms with E-state index in [-0.39, 0.29) is 12.5 Å². The van der Waals surface area contributed by atoms with Crippen LogP contribution in [0, 0.1) is 11.6 Å². The lowest BCUT2D eigenvalue weighted by molar-refractivity contribution is -0.121. The van der Waals surface area contributed by atoms with Crippen LogP contribution in [-0.4, -0.2) is 18.5 Å². The summed E-state index contributed by atoms with van der Waals surface area (Å²) >= 11 is 0. The lowest BCUT2D eigenvalue weighted by Crippen LogP contribution is -2.39. The fourth-order valence-corrected chi connectivity index (χ4v) is 2.59. The van der Waals surface area contributed by atoms with E-state index in [1.807, 2.05) is 0 Å². The Morgan fingerprint density at radius 3 is 2.70 bits per heavy atom. The highest BCUT2D eigenvalue weighted by molar-refractivity contribution is 5.78. The highest BCUT2D eigenvalue weighted by atomic mass is 19.1. The monoisotopic (exact) mass is 282 g/mol. The van der Waals surface area contributed by atoms with Gasteiger partial charge in [-0.25, -0.2) is 8.78 Å². The molecule has 1 saturated carbocycles. The average molecular weight is 282 g/mol. The number of benzene rings is 1. The third-order valence-electron chi connectivity index (χ3n) is 3.71. The van der Waals surface area contributed by atoms with Gasteiger partial charge in [0.25, 0.3) is 0 Å². The smallest absolute Gasteiger partial charge is 0.234 e. The maximum Gasteiger partial charge on any atom is 0.234 e. The third-order valence-corrected chi connectivity index (χ3v) is 3.71. The van der Waals surface area contributed by atoms with Crippen molar-refractivity contribution in [3.63, 3.8) is 0 Å². The van der Waals surface area contributed by atoms with Crippen molar-refractivity contribution in [2.24, 2.45) is 0 Å². The Balaban J connectivity index is 1.83. The van der Waals surface area contributed by atoms with Gasteiger partial charge in [0, 0.05) is 17.7 Å². The lowest BCUT2D eigenvalue weighted by Gasteiger charge is -2.17. The fourth-order valence-electron chi connectivity index (χ4n) is 2.59. The van der Waals surface area contributed by atoms with Crippen LogP contribution in [0.2, 0.25) is 0 Å². The van der Waals surface area contributed by atoms with Crippen LogP contribution in [0.5, 0.6) is 0 Å². The van der Waals surface area contributed by atoms with E-state index in [1.165, 1.54) is 25.0 Å². The zero-order chi connectivity index (χ0) is 14.5. The molecule has 1 unspecified atom stereocenters. The molecule has 2 rings (SSSR count). The molecule has 0 saturated heterocycles. The Morgan fingerprint density at radius 2 is 2.05 bits per heavy atom. The second kappa shape index (κ2) is 6.79. The molecule has 5 heteroatoms. The zero-order valence-electron chi connectivity index (χ0n) is 11.6. The molecule has 1 aromatic carbocycles. The van der Waals surface area contributed by atoms with E-state index >= 15 is 0 Å². The second-order valence-electron chi connectivity index (χ2n) is 5.32. The van der Waals surface area contributed by atoms with Crippen molar-refractivity contribution in [3.05, 3.63) is 35.4 Å². The molecule has 0 spiro atoms. The first-order valence-electron chi connectivity index (χ1n) is 7.04. The first kappa shape index (κ1) is 14.9. The molecule has 0 heterocycles. The Kier molecular flexibility index (Phi) is 5.06. The van der Waals surface area contributed by atoms with Crippen LogP contribution in [0.4, 0.5) is 8.78 Å². The Bertz CT molecular complexity index is 473. The van der Waals surface area contributed by atoms with Gasteiger partial charge in [-0.15, -0.1) is 0 Å². The minimum Gasteiger partial charge on any atom is -0.348 e. The van der Waals surface area contributed by atoms with Crippen molar-refractivity contribution in [3.8, 4) is 0 Å². The van der Waals surface area contributed by atoms with Crippen LogP contribution in [-0.2, 0) is 4.79 Å². The molecule has 110 valence electrons. The SMILES string of the molecule is CC(NC(=O)CNC1CCCC1)c1ccc(F)cc1F. The first-order valence-corrected chi connectivity index (χ1v) is 7.04. The molecule has 0 radical (unpaired) electrons. The number of carbonyl (C=O) groups is 1. The summed E-state index contributed by atoms with van der Waals surface area (Å²) in [5.74, 6) is -1.43. The summed E-state index contributed by atoms with van der Waals surface area (Å²) in [6.45, 7) is 1.92. The van der Waals surface area contributed by atoms with Gasteiger partial charge >= 0.3 is 0 Å². The van der Waals surface area contributed by atoms with Gasteiger partial charge in [0.05, 0.1) is 12.6 Å². The molecule has 1 amide bonds. The van der Waals surface area contributed by atoms with E-state index in [0.29, 0.717) is 11.6 Å².